The largest absolute Gasteiger partial charge is 0.493 e. The van der Waals surface area contributed by atoms with E-state index < -0.39 is 0 Å². The standard InChI is InChI=1S/C23H27N3O3/c1-15(27)24-11-21-19-10-18(20-3-2-4-23(28)26(20)21)13-25(14-19)12-16-5-6-22-17(9-16)7-8-29-22/h2-6,9,18-19,21H,7-8,10-14H2,1H3,(H,24,27)/t18-,19+,21+/m1/s1. The minimum Gasteiger partial charge on any atom is -0.493 e. The van der Waals surface area contributed by atoms with Gasteiger partial charge in [-0.3, -0.25) is 14.5 Å². The smallest absolute Gasteiger partial charge is 0.251 e. The number of ether oxygens (including phenoxy) is 1. The van der Waals surface area contributed by atoms with Crippen molar-refractivity contribution in [2.24, 2.45) is 5.92 Å². The molecule has 1 aromatic heterocycles. The fourth-order valence-electron chi connectivity index (χ4n) is 5.37. The molecule has 152 valence electrons. The summed E-state index contributed by atoms with van der Waals surface area (Å²) in [6.45, 7) is 5.63. The number of carbonyl (C=O) groups excluding carboxylic acids is 1. The molecule has 1 aromatic carbocycles. The minimum atomic E-state index is -0.0503. The molecule has 3 atom stereocenters. The lowest BCUT2D eigenvalue weighted by molar-refractivity contribution is -0.119. The number of pyridine rings is 1. The van der Waals surface area contributed by atoms with E-state index in [0.717, 1.165) is 50.5 Å². The fraction of sp³-hybridized carbons (Fsp3) is 0.478. The monoisotopic (exact) mass is 393 g/mol. The molecule has 1 saturated heterocycles. The van der Waals surface area contributed by atoms with Crippen LogP contribution in [-0.2, 0) is 17.8 Å². The van der Waals surface area contributed by atoms with Gasteiger partial charge in [0.25, 0.3) is 5.56 Å². The van der Waals surface area contributed by atoms with E-state index in [2.05, 4.69) is 34.5 Å². The van der Waals surface area contributed by atoms with Crippen LogP contribution in [0.3, 0.4) is 0 Å². The first-order chi connectivity index (χ1) is 14.1. The fourth-order valence-corrected chi connectivity index (χ4v) is 5.37. The molecule has 1 N–H and O–H groups in total. The number of nitrogens with zero attached hydrogens (tertiary/aromatic N) is 2. The van der Waals surface area contributed by atoms with Gasteiger partial charge in [-0.2, -0.15) is 0 Å². The van der Waals surface area contributed by atoms with Gasteiger partial charge in [-0.15, -0.1) is 0 Å². The average Bonchev–Trinajstić information content (AvgIpc) is 3.16. The summed E-state index contributed by atoms with van der Waals surface area (Å²) in [4.78, 5) is 26.7. The van der Waals surface area contributed by atoms with Gasteiger partial charge in [-0.25, -0.2) is 0 Å². The molecule has 0 aliphatic carbocycles. The highest BCUT2D eigenvalue weighted by Gasteiger charge is 2.40. The molecule has 29 heavy (non-hydrogen) atoms. The van der Waals surface area contributed by atoms with Crippen LogP contribution in [0.1, 0.15) is 42.1 Å². The number of amides is 1. The van der Waals surface area contributed by atoms with Crippen LogP contribution in [0.2, 0.25) is 0 Å². The molecule has 1 amide bonds. The molecular weight excluding hydrogens is 366 g/mol. The van der Waals surface area contributed by atoms with E-state index in [1.807, 2.05) is 10.6 Å². The Morgan fingerprint density at radius 2 is 2.14 bits per heavy atom. The third-order valence-electron chi connectivity index (χ3n) is 6.59. The topological polar surface area (TPSA) is 63.6 Å². The zero-order valence-electron chi connectivity index (χ0n) is 16.8. The van der Waals surface area contributed by atoms with Crippen LogP contribution in [0.4, 0.5) is 0 Å². The van der Waals surface area contributed by atoms with E-state index >= 15 is 0 Å². The number of likely N-dealkylation sites (tertiary alicyclic amines) is 1. The van der Waals surface area contributed by atoms with Crippen molar-refractivity contribution in [3.63, 3.8) is 0 Å². The van der Waals surface area contributed by atoms with Crippen LogP contribution in [0, 0.1) is 5.92 Å². The summed E-state index contributed by atoms with van der Waals surface area (Å²) < 4.78 is 7.58. The number of hydrogen-bond acceptors (Lipinski definition) is 4. The van der Waals surface area contributed by atoms with Gasteiger partial charge in [-0.05, 0) is 35.6 Å². The molecule has 6 heteroatoms. The van der Waals surface area contributed by atoms with Gasteiger partial charge < -0.3 is 14.6 Å². The van der Waals surface area contributed by atoms with E-state index in [1.165, 1.54) is 18.1 Å². The summed E-state index contributed by atoms with van der Waals surface area (Å²) in [5.74, 6) is 1.68. The number of piperidine rings is 1. The molecule has 2 aromatic rings. The lowest BCUT2D eigenvalue weighted by atomic mass is 9.78. The molecule has 1 fully saturated rings. The van der Waals surface area contributed by atoms with Crippen molar-refractivity contribution in [3.05, 3.63) is 63.6 Å². The number of aromatic nitrogens is 1. The van der Waals surface area contributed by atoms with Crippen molar-refractivity contribution in [2.75, 3.05) is 26.2 Å². The molecule has 0 spiro atoms. The summed E-state index contributed by atoms with van der Waals surface area (Å²) in [6, 6.07) is 12.1. The van der Waals surface area contributed by atoms with Crippen molar-refractivity contribution in [3.8, 4) is 5.75 Å². The maximum Gasteiger partial charge on any atom is 0.251 e. The molecule has 0 saturated carbocycles. The van der Waals surface area contributed by atoms with Crippen molar-refractivity contribution < 1.29 is 9.53 Å². The Morgan fingerprint density at radius 3 is 3.00 bits per heavy atom. The molecular formula is C23H27N3O3. The van der Waals surface area contributed by atoms with Crippen molar-refractivity contribution in [1.82, 2.24) is 14.8 Å². The number of carbonyl (C=O) groups is 1. The quantitative estimate of drug-likeness (QED) is 0.864. The Bertz CT molecular complexity index is 999. The number of fused-ring (bicyclic) bond motifs is 5. The highest BCUT2D eigenvalue weighted by atomic mass is 16.5. The zero-order valence-corrected chi connectivity index (χ0v) is 16.8. The Morgan fingerprint density at radius 1 is 1.24 bits per heavy atom. The average molecular weight is 393 g/mol. The maximum atomic E-state index is 12.7. The normalized spacial score (nSPS) is 25.1. The Kier molecular flexibility index (Phi) is 4.66. The van der Waals surface area contributed by atoms with E-state index in [0.29, 0.717) is 18.4 Å². The molecule has 0 radical (unpaired) electrons. The van der Waals surface area contributed by atoms with Gasteiger partial charge in [0.1, 0.15) is 5.75 Å². The van der Waals surface area contributed by atoms with Crippen LogP contribution in [0.25, 0.3) is 0 Å². The van der Waals surface area contributed by atoms with Crippen molar-refractivity contribution >= 4 is 5.91 Å². The molecule has 0 unspecified atom stereocenters. The Labute approximate surface area is 170 Å². The SMILES string of the molecule is CC(=O)NC[C@H]1[C@H]2C[C@H](CN(Cc3ccc4c(c3)CCO4)C2)c2cccc(=O)n21. The van der Waals surface area contributed by atoms with Gasteiger partial charge in [0.2, 0.25) is 5.91 Å². The molecule has 5 rings (SSSR count). The summed E-state index contributed by atoms with van der Waals surface area (Å²) in [7, 11) is 0. The number of nitrogens with one attached hydrogen (secondary N) is 1. The number of hydrogen-bond donors (Lipinski definition) is 1. The maximum absolute atomic E-state index is 12.7. The van der Waals surface area contributed by atoms with Crippen LogP contribution in [0.5, 0.6) is 5.75 Å². The van der Waals surface area contributed by atoms with Gasteiger partial charge in [0.15, 0.2) is 0 Å². The first-order valence-electron chi connectivity index (χ1n) is 10.5. The van der Waals surface area contributed by atoms with Gasteiger partial charge >= 0.3 is 0 Å². The first kappa shape index (κ1) is 18.4. The van der Waals surface area contributed by atoms with E-state index in [-0.39, 0.29) is 17.5 Å². The molecule has 6 nitrogen and oxygen atoms in total. The molecule has 3 aliphatic rings. The summed E-state index contributed by atoms with van der Waals surface area (Å²) in [5.41, 5.74) is 3.77. The van der Waals surface area contributed by atoms with Crippen LogP contribution in [0.15, 0.2) is 41.2 Å². The summed E-state index contributed by atoms with van der Waals surface area (Å²) in [5, 5.41) is 2.95. The van der Waals surface area contributed by atoms with E-state index in [4.69, 9.17) is 4.74 Å². The zero-order chi connectivity index (χ0) is 20.0. The van der Waals surface area contributed by atoms with Gasteiger partial charge in [-0.1, -0.05) is 18.2 Å². The van der Waals surface area contributed by atoms with E-state index in [1.54, 1.807) is 6.07 Å². The highest BCUT2D eigenvalue weighted by molar-refractivity contribution is 5.72. The molecule has 2 bridgehead atoms. The second kappa shape index (κ2) is 7.34. The van der Waals surface area contributed by atoms with Gasteiger partial charge in [0, 0.05) is 57.2 Å². The second-order valence-corrected chi connectivity index (χ2v) is 8.59. The third kappa shape index (κ3) is 3.46. The Balaban J connectivity index is 1.41. The number of benzene rings is 1. The number of rotatable bonds is 4. The van der Waals surface area contributed by atoms with Crippen LogP contribution >= 0.6 is 0 Å². The highest BCUT2D eigenvalue weighted by Crippen LogP contribution is 2.41. The van der Waals surface area contributed by atoms with Crippen LogP contribution < -0.4 is 15.6 Å². The minimum absolute atomic E-state index is 0.00932. The van der Waals surface area contributed by atoms with Crippen molar-refractivity contribution in [2.45, 2.75) is 38.3 Å². The van der Waals surface area contributed by atoms with E-state index in [9.17, 15) is 9.59 Å². The predicted octanol–water partition coefficient (Wildman–Crippen LogP) is 2.08. The van der Waals surface area contributed by atoms with Crippen LogP contribution in [-0.4, -0.2) is 41.6 Å². The predicted molar refractivity (Wildman–Crippen MR) is 110 cm³/mol. The molecule has 4 heterocycles. The van der Waals surface area contributed by atoms with Gasteiger partial charge in [0.05, 0.1) is 12.6 Å². The summed E-state index contributed by atoms with van der Waals surface area (Å²) >= 11 is 0. The first-order valence-corrected chi connectivity index (χ1v) is 10.5. The third-order valence-corrected chi connectivity index (χ3v) is 6.59. The lowest BCUT2D eigenvalue weighted by Gasteiger charge is -2.47. The lowest BCUT2D eigenvalue weighted by Crippen LogP contribution is -2.51. The van der Waals surface area contributed by atoms with Crippen molar-refractivity contribution in [1.29, 1.82) is 0 Å². The second-order valence-electron chi connectivity index (χ2n) is 8.59. The Hall–Kier alpha value is -2.60. The molecule has 3 aliphatic heterocycles. The summed E-state index contributed by atoms with van der Waals surface area (Å²) in [6.07, 6.45) is 2.06.